The second-order valence-corrected chi connectivity index (χ2v) is 7.68. The molecule has 5 atom stereocenters. The van der Waals surface area contributed by atoms with Gasteiger partial charge < -0.3 is 5.73 Å². The van der Waals surface area contributed by atoms with Crippen molar-refractivity contribution in [3.05, 3.63) is 0 Å². The molecule has 0 aromatic carbocycles. The van der Waals surface area contributed by atoms with Gasteiger partial charge in [-0.3, -0.25) is 4.90 Å². The van der Waals surface area contributed by atoms with Gasteiger partial charge in [-0.2, -0.15) is 0 Å². The van der Waals surface area contributed by atoms with E-state index in [-0.39, 0.29) is 0 Å². The molecule has 0 aromatic heterocycles. The predicted molar refractivity (Wildman–Crippen MR) is 83.1 cm³/mol. The first kappa shape index (κ1) is 15.3. The molecule has 2 nitrogen and oxygen atoms in total. The summed E-state index contributed by atoms with van der Waals surface area (Å²) >= 11 is 0. The maximum Gasteiger partial charge on any atom is 0.0334 e. The van der Waals surface area contributed by atoms with Crippen molar-refractivity contribution < 1.29 is 0 Å². The standard InChI is InChI=1S/C17H34N2/c1-13-6-5-8-17(12-18,9-7-13)19-11-14(2)10-15(3)16(19)4/h13-16H,5-12,18H2,1-4H3. The van der Waals surface area contributed by atoms with Crippen LogP contribution in [0.3, 0.4) is 0 Å². The van der Waals surface area contributed by atoms with E-state index in [0.717, 1.165) is 24.3 Å². The monoisotopic (exact) mass is 266 g/mol. The van der Waals surface area contributed by atoms with E-state index in [4.69, 9.17) is 5.73 Å². The van der Waals surface area contributed by atoms with Crippen LogP contribution in [0.2, 0.25) is 0 Å². The molecule has 1 saturated carbocycles. The molecule has 112 valence electrons. The van der Waals surface area contributed by atoms with E-state index < -0.39 is 0 Å². The van der Waals surface area contributed by atoms with Gasteiger partial charge in [0.2, 0.25) is 0 Å². The molecule has 19 heavy (non-hydrogen) atoms. The summed E-state index contributed by atoms with van der Waals surface area (Å²) < 4.78 is 0. The molecule has 0 spiro atoms. The van der Waals surface area contributed by atoms with Crippen molar-refractivity contribution >= 4 is 0 Å². The van der Waals surface area contributed by atoms with Crippen LogP contribution in [0.15, 0.2) is 0 Å². The van der Waals surface area contributed by atoms with Gasteiger partial charge in [0, 0.05) is 24.7 Å². The Morgan fingerprint density at radius 1 is 1.05 bits per heavy atom. The first-order valence-electron chi connectivity index (χ1n) is 8.45. The van der Waals surface area contributed by atoms with E-state index >= 15 is 0 Å². The Bertz CT molecular complexity index is 291. The van der Waals surface area contributed by atoms with Crippen molar-refractivity contribution in [3.8, 4) is 0 Å². The van der Waals surface area contributed by atoms with Gasteiger partial charge in [-0.1, -0.05) is 33.6 Å². The summed E-state index contributed by atoms with van der Waals surface area (Å²) in [6.07, 6.45) is 8.14. The van der Waals surface area contributed by atoms with Crippen molar-refractivity contribution in [2.24, 2.45) is 23.5 Å². The molecule has 1 aliphatic heterocycles. The molecule has 2 aliphatic rings. The van der Waals surface area contributed by atoms with Crippen LogP contribution in [0.25, 0.3) is 0 Å². The molecule has 1 saturated heterocycles. The van der Waals surface area contributed by atoms with Gasteiger partial charge in [0.25, 0.3) is 0 Å². The topological polar surface area (TPSA) is 29.3 Å². The summed E-state index contributed by atoms with van der Waals surface area (Å²) in [4.78, 5) is 2.81. The van der Waals surface area contributed by atoms with E-state index in [2.05, 4.69) is 32.6 Å². The zero-order chi connectivity index (χ0) is 14.0. The number of hydrogen-bond donors (Lipinski definition) is 1. The van der Waals surface area contributed by atoms with E-state index in [1.165, 1.54) is 45.1 Å². The second-order valence-electron chi connectivity index (χ2n) is 7.68. The fourth-order valence-electron chi connectivity index (χ4n) is 4.51. The molecule has 1 aliphatic carbocycles. The molecular weight excluding hydrogens is 232 g/mol. The van der Waals surface area contributed by atoms with Gasteiger partial charge in [0.15, 0.2) is 0 Å². The Hall–Kier alpha value is -0.0800. The van der Waals surface area contributed by atoms with Crippen molar-refractivity contribution in [1.82, 2.24) is 4.90 Å². The van der Waals surface area contributed by atoms with Gasteiger partial charge in [-0.25, -0.2) is 0 Å². The first-order valence-corrected chi connectivity index (χ1v) is 8.45. The molecule has 0 aromatic rings. The van der Waals surface area contributed by atoms with E-state index in [1.807, 2.05) is 0 Å². The summed E-state index contributed by atoms with van der Waals surface area (Å²) in [5.41, 5.74) is 6.59. The fourth-order valence-corrected chi connectivity index (χ4v) is 4.51. The van der Waals surface area contributed by atoms with E-state index in [9.17, 15) is 0 Å². The number of nitrogens with zero attached hydrogens (tertiary/aromatic N) is 1. The highest BCUT2D eigenvalue weighted by Crippen LogP contribution is 2.40. The maximum absolute atomic E-state index is 6.30. The Balaban J connectivity index is 2.18. The average Bonchev–Trinajstić information content (AvgIpc) is 2.56. The molecule has 2 N–H and O–H groups in total. The summed E-state index contributed by atoms with van der Waals surface area (Å²) in [6, 6.07) is 0.702. The number of piperidine rings is 1. The van der Waals surface area contributed by atoms with Crippen molar-refractivity contribution in [2.45, 2.75) is 77.8 Å². The first-order chi connectivity index (χ1) is 8.98. The highest BCUT2D eigenvalue weighted by Gasteiger charge is 2.43. The summed E-state index contributed by atoms with van der Waals surface area (Å²) in [7, 11) is 0. The SMILES string of the molecule is CC1CCCC(CN)(N2CC(C)CC(C)C2C)CC1. The molecule has 1 heterocycles. The lowest BCUT2D eigenvalue weighted by Crippen LogP contribution is -2.61. The zero-order valence-corrected chi connectivity index (χ0v) is 13.5. The smallest absolute Gasteiger partial charge is 0.0334 e. The molecule has 5 unspecified atom stereocenters. The normalized spacial score (nSPS) is 45.9. The number of hydrogen-bond acceptors (Lipinski definition) is 2. The van der Waals surface area contributed by atoms with E-state index in [0.29, 0.717) is 11.6 Å². The Morgan fingerprint density at radius 3 is 2.47 bits per heavy atom. The van der Waals surface area contributed by atoms with Gasteiger partial charge in [-0.15, -0.1) is 0 Å². The highest BCUT2D eigenvalue weighted by molar-refractivity contribution is 4.99. The van der Waals surface area contributed by atoms with Crippen LogP contribution in [-0.2, 0) is 0 Å². The molecule has 0 bridgehead atoms. The molecule has 0 radical (unpaired) electrons. The summed E-state index contributed by atoms with van der Waals surface area (Å²) in [5, 5.41) is 0. The fraction of sp³-hybridized carbons (Fsp3) is 1.00. The largest absolute Gasteiger partial charge is 0.329 e. The number of rotatable bonds is 2. The third kappa shape index (κ3) is 3.16. The quantitative estimate of drug-likeness (QED) is 0.773. The number of nitrogens with two attached hydrogens (primary N) is 1. The van der Waals surface area contributed by atoms with Gasteiger partial charge in [-0.05, 0) is 50.4 Å². The molecular formula is C17H34N2. The van der Waals surface area contributed by atoms with Crippen LogP contribution in [0.4, 0.5) is 0 Å². The van der Waals surface area contributed by atoms with Crippen LogP contribution in [0.1, 0.15) is 66.2 Å². The second kappa shape index (κ2) is 6.13. The Morgan fingerprint density at radius 2 is 1.79 bits per heavy atom. The van der Waals surface area contributed by atoms with Gasteiger partial charge in [0.05, 0.1) is 0 Å². The van der Waals surface area contributed by atoms with Crippen molar-refractivity contribution in [1.29, 1.82) is 0 Å². The third-order valence-corrected chi connectivity index (χ3v) is 6.03. The lowest BCUT2D eigenvalue weighted by Gasteiger charge is -2.52. The summed E-state index contributed by atoms with van der Waals surface area (Å²) in [6.45, 7) is 11.8. The predicted octanol–water partition coefficient (Wildman–Crippen LogP) is 3.65. The lowest BCUT2D eigenvalue weighted by molar-refractivity contribution is -0.0246. The maximum atomic E-state index is 6.30. The molecule has 2 heteroatoms. The third-order valence-electron chi connectivity index (χ3n) is 6.03. The summed E-state index contributed by atoms with van der Waals surface area (Å²) in [5.74, 6) is 2.53. The molecule has 2 fully saturated rings. The Labute approximate surface area is 120 Å². The van der Waals surface area contributed by atoms with Crippen LogP contribution in [-0.4, -0.2) is 29.6 Å². The molecule has 0 amide bonds. The minimum Gasteiger partial charge on any atom is -0.329 e. The molecule has 2 rings (SSSR count). The minimum absolute atomic E-state index is 0.299. The minimum atomic E-state index is 0.299. The number of likely N-dealkylation sites (tertiary alicyclic amines) is 1. The van der Waals surface area contributed by atoms with Crippen LogP contribution in [0.5, 0.6) is 0 Å². The average molecular weight is 266 g/mol. The van der Waals surface area contributed by atoms with Crippen molar-refractivity contribution in [3.63, 3.8) is 0 Å². The lowest BCUT2D eigenvalue weighted by atomic mass is 9.78. The zero-order valence-electron chi connectivity index (χ0n) is 13.5. The Kier molecular flexibility index (Phi) is 4.94. The van der Waals surface area contributed by atoms with Crippen LogP contribution >= 0.6 is 0 Å². The van der Waals surface area contributed by atoms with E-state index in [1.54, 1.807) is 0 Å². The van der Waals surface area contributed by atoms with Crippen molar-refractivity contribution in [2.75, 3.05) is 13.1 Å². The van der Waals surface area contributed by atoms with Gasteiger partial charge >= 0.3 is 0 Å². The van der Waals surface area contributed by atoms with Crippen LogP contribution in [0, 0.1) is 17.8 Å². The highest BCUT2D eigenvalue weighted by atomic mass is 15.2. The van der Waals surface area contributed by atoms with Gasteiger partial charge in [0.1, 0.15) is 0 Å². The van der Waals surface area contributed by atoms with Crippen LogP contribution < -0.4 is 5.73 Å².